The summed E-state index contributed by atoms with van der Waals surface area (Å²) in [5.74, 6) is 2.94. The molecule has 2 nitrogen and oxygen atoms in total. The molecule has 0 atom stereocenters. The van der Waals surface area contributed by atoms with E-state index in [1.807, 2.05) is 0 Å². The Morgan fingerprint density at radius 1 is 1.23 bits per heavy atom. The third-order valence-electron chi connectivity index (χ3n) is 2.89. The Morgan fingerprint density at radius 2 is 1.92 bits per heavy atom. The Bertz CT molecular complexity index is 296. The summed E-state index contributed by atoms with van der Waals surface area (Å²) in [6.45, 7) is 0. The van der Waals surface area contributed by atoms with E-state index in [9.17, 15) is 0 Å². The first-order valence-corrected chi connectivity index (χ1v) is 5.48. The molecule has 0 radical (unpaired) electrons. The summed E-state index contributed by atoms with van der Waals surface area (Å²) < 4.78 is 5.38. The van der Waals surface area contributed by atoms with Crippen molar-refractivity contribution in [2.24, 2.45) is 0 Å². The Hall–Kier alpha value is -0.500. The highest BCUT2D eigenvalue weighted by Crippen LogP contribution is 2.47. The van der Waals surface area contributed by atoms with Gasteiger partial charge in [0.15, 0.2) is 0 Å². The van der Waals surface area contributed by atoms with Crippen molar-refractivity contribution >= 4 is 11.6 Å². The van der Waals surface area contributed by atoms with E-state index in [-0.39, 0.29) is 0 Å². The average Bonchev–Trinajstić information content (AvgIpc) is 3.02. The van der Waals surface area contributed by atoms with Crippen molar-refractivity contribution in [1.82, 2.24) is 5.16 Å². The highest BCUT2D eigenvalue weighted by molar-refractivity contribution is 6.17. The van der Waals surface area contributed by atoms with Crippen molar-refractivity contribution in [3.63, 3.8) is 0 Å². The van der Waals surface area contributed by atoms with Crippen LogP contribution >= 0.6 is 11.6 Å². The van der Waals surface area contributed by atoms with E-state index in [4.69, 9.17) is 16.1 Å². The second-order valence-corrected chi connectivity index (χ2v) is 4.36. The second kappa shape index (κ2) is 2.74. The highest BCUT2D eigenvalue weighted by Gasteiger charge is 2.36. The van der Waals surface area contributed by atoms with Crippen molar-refractivity contribution in [2.45, 2.75) is 43.4 Å². The smallest absolute Gasteiger partial charge is 0.144 e. The van der Waals surface area contributed by atoms with Gasteiger partial charge in [-0.15, -0.1) is 11.6 Å². The average molecular weight is 198 g/mol. The zero-order valence-electron chi connectivity index (χ0n) is 7.42. The SMILES string of the molecule is ClCc1c(C2CC2)noc1C1CC1. The molecular weight excluding hydrogens is 186 g/mol. The molecule has 0 N–H and O–H groups in total. The molecule has 13 heavy (non-hydrogen) atoms. The van der Waals surface area contributed by atoms with Crippen LogP contribution in [0.15, 0.2) is 4.52 Å². The first-order chi connectivity index (χ1) is 6.40. The molecule has 70 valence electrons. The topological polar surface area (TPSA) is 26.0 Å². The number of halogens is 1. The Morgan fingerprint density at radius 3 is 2.46 bits per heavy atom. The fraction of sp³-hybridized carbons (Fsp3) is 0.700. The van der Waals surface area contributed by atoms with Gasteiger partial charge >= 0.3 is 0 Å². The van der Waals surface area contributed by atoms with Crippen LogP contribution < -0.4 is 0 Å². The van der Waals surface area contributed by atoms with E-state index in [2.05, 4.69) is 5.16 Å². The molecule has 0 amide bonds. The van der Waals surface area contributed by atoms with Crippen molar-refractivity contribution in [2.75, 3.05) is 0 Å². The monoisotopic (exact) mass is 197 g/mol. The van der Waals surface area contributed by atoms with Crippen molar-refractivity contribution in [3.05, 3.63) is 17.0 Å². The maximum atomic E-state index is 5.92. The van der Waals surface area contributed by atoms with Crippen LogP contribution in [0.25, 0.3) is 0 Å². The van der Waals surface area contributed by atoms with E-state index in [0.29, 0.717) is 17.7 Å². The minimum absolute atomic E-state index is 0.571. The van der Waals surface area contributed by atoms with Crippen LogP contribution in [0.2, 0.25) is 0 Å². The zero-order valence-corrected chi connectivity index (χ0v) is 8.18. The minimum atomic E-state index is 0.571. The van der Waals surface area contributed by atoms with Crippen LogP contribution in [-0.4, -0.2) is 5.16 Å². The largest absolute Gasteiger partial charge is 0.360 e. The van der Waals surface area contributed by atoms with E-state index in [1.165, 1.54) is 31.2 Å². The summed E-state index contributed by atoms with van der Waals surface area (Å²) in [6.07, 6.45) is 5.04. The van der Waals surface area contributed by atoms with Gasteiger partial charge in [-0.3, -0.25) is 0 Å². The maximum absolute atomic E-state index is 5.92. The van der Waals surface area contributed by atoms with E-state index in [0.717, 1.165) is 11.5 Å². The Labute approximate surface area is 82.2 Å². The van der Waals surface area contributed by atoms with Crippen LogP contribution in [0.1, 0.15) is 54.5 Å². The highest BCUT2D eigenvalue weighted by atomic mass is 35.5. The second-order valence-electron chi connectivity index (χ2n) is 4.09. The molecule has 0 saturated heterocycles. The van der Waals surface area contributed by atoms with Gasteiger partial charge in [-0.05, 0) is 25.7 Å². The molecule has 1 aromatic heterocycles. The van der Waals surface area contributed by atoms with Crippen molar-refractivity contribution in [1.29, 1.82) is 0 Å². The fourth-order valence-corrected chi connectivity index (χ4v) is 2.08. The molecule has 2 fully saturated rings. The number of nitrogens with zero attached hydrogens (tertiary/aromatic N) is 1. The lowest BCUT2D eigenvalue weighted by Gasteiger charge is -1.95. The molecule has 1 aromatic rings. The lowest BCUT2D eigenvalue weighted by atomic mass is 10.1. The van der Waals surface area contributed by atoms with Crippen molar-refractivity contribution < 1.29 is 4.52 Å². The van der Waals surface area contributed by atoms with Crippen molar-refractivity contribution in [3.8, 4) is 0 Å². The maximum Gasteiger partial charge on any atom is 0.144 e. The van der Waals surface area contributed by atoms with Gasteiger partial charge in [0.25, 0.3) is 0 Å². The summed E-state index contributed by atoms with van der Waals surface area (Å²) in [5.41, 5.74) is 2.35. The molecule has 2 aliphatic carbocycles. The van der Waals surface area contributed by atoms with Crippen LogP contribution in [0.4, 0.5) is 0 Å². The third kappa shape index (κ3) is 1.28. The first-order valence-electron chi connectivity index (χ1n) is 4.94. The van der Waals surface area contributed by atoms with Crippen LogP contribution in [0.3, 0.4) is 0 Å². The van der Waals surface area contributed by atoms with Gasteiger partial charge in [-0.25, -0.2) is 0 Å². The Kier molecular flexibility index (Phi) is 1.66. The Balaban J connectivity index is 1.99. The lowest BCUT2D eigenvalue weighted by molar-refractivity contribution is 0.377. The lowest BCUT2D eigenvalue weighted by Crippen LogP contribution is -1.88. The normalized spacial score (nSPS) is 22.2. The third-order valence-corrected chi connectivity index (χ3v) is 3.16. The van der Waals surface area contributed by atoms with Crippen LogP contribution in [0, 0.1) is 0 Å². The van der Waals surface area contributed by atoms with E-state index in [1.54, 1.807) is 0 Å². The van der Waals surface area contributed by atoms with Gasteiger partial charge in [0, 0.05) is 17.4 Å². The number of aromatic nitrogens is 1. The summed E-state index contributed by atoms with van der Waals surface area (Å²) >= 11 is 5.92. The van der Waals surface area contributed by atoms with Crippen LogP contribution in [0.5, 0.6) is 0 Å². The predicted molar refractivity (Wildman–Crippen MR) is 50.0 cm³/mol. The number of hydrogen-bond acceptors (Lipinski definition) is 2. The standard InChI is InChI=1S/C10H12ClNO/c11-5-8-9(6-1-2-6)12-13-10(8)7-3-4-7/h6-7H,1-5H2. The summed E-state index contributed by atoms with van der Waals surface area (Å²) in [4.78, 5) is 0. The quantitative estimate of drug-likeness (QED) is 0.696. The number of alkyl halides is 1. The number of rotatable bonds is 3. The molecule has 2 saturated carbocycles. The summed E-state index contributed by atoms with van der Waals surface area (Å²) in [7, 11) is 0. The zero-order chi connectivity index (χ0) is 8.84. The van der Waals surface area contributed by atoms with Gasteiger partial charge in [0.05, 0.1) is 11.6 Å². The molecule has 0 unspecified atom stereocenters. The molecule has 3 rings (SSSR count). The molecule has 2 aliphatic rings. The van der Waals surface area contributed by atoms with Gasteiger partial charge in [-0.2, -0.15) is 0 Å². The first kappa shape index (κ1) is 7.86. The van der Waals surface area contributed by atoms with Gasteiger partial charge in [0.1, 0.15) is 5.76 Å². The minimum Gasteiger partial charge on any atom is -0.360 e. The van der Waals surface area contributed by atoms with Gasteiger partial charge in [-0.1, -0.05) is 5.16 Å². The molecule has 0 aromatic carbocycles. The number of hydrogen-bond donors (Lipinski definition) is 0. The van der Waals surface area contributed by atoms with Gasteiger partial charge in [0.2, 0.25) is 0 Å². The molecular formula is C10H12ClNO. The van der Waals surface area contributed by atoms with Crippen LogP contribution in [-0.2, 0) is 5.88 Å². The summed E-state index contributed by atoms with van der Waals surface area (Å²) in [6, 6.07) is 0. The molecule has 0 aliphatic heterocycles. The van der Waals surface area contributed by atoms with E-state index < -0.39 is 0 Å². The van der Waals surface area contributed by atoms with E-state index >= 15 is 0 Å². The molecule has 0 spiro atoms. The fourth-order valence-electron chi connectivity index (χ4n) is 1.81. The molecule has 1 heterocycles. The molecule has 3 heteroatoms. The van der Waals surface area contributed by atoms with Gasteiger partial charge < -0.3 is 4.52 Å². The summed E-state index contributed by atoms with van der Waals surface area (Å²) in [5, 5.41) is 4.15. The molecule has 0 bridgehead atoms. The predicted octanol–water partition coefficient (Wildman–Crippen LogP) is 3.17.